The van der Waals surface area contributed by atoms with Crippen LogP contribution in [0.3, 0.4) is 0 Å². The van der Waals surface area contributed by atoms with Crippen LogP contribution in [-0.4, -0.2) is 21.5 Å². The number of hydrogen-bond acceptors (Lipinski definition) is 6. The van der Waals surface area contributed by atoms with Gasteiger partial charge in [-0.15, -0.1) is 22.7 Å². The largest absolute Gasteiger partial charge is 0.465 e. The summed E-state index contributed by atoms with van der Waals surface area (Å²) in [6.07, 6.45) is 0. The molecule has 102 valence electrons. The fourth-order valence-corrected chi connectivity index (χ4v) is 4.69. The first-order valence-electron chi connectivity index (χ1n) is 5.19. The molecule has 2 heterocycles. The van der Waals surface area contributed by atoms with Crippen molar-refractivity contribution in [1.82, 2.24) is 0 Å². The topological polar surface area (TPSA) is 72.5 Å². The summed E-state index contributed by atoms with van der Waals surface area (Å²) in [4.78, 5) is 11.8. The number of esters is 1. The third-order valence-electron chi connectivity index (χ3n) is 2.28. The van der Waals surface area contributed by atoms with E-state index in [4.69, 9.17) is 0 Å². The summed E-state index contributed by atoms with van der Waals surface area (Å²) in [5.74, 6) is -0.468. The van der Waals surface area contributed by atoms with Crippen molar-refractivity contribution in [2.75, 3.05) is 11.8 Å². The molecule has 5 nitrogen and oxygen atoms in total. The van der Waals surface area contributed by atoms with Gasteiger partial charge in [0.1, 0.15) is 14.1 Å². The second-order valence-corrected chi connectivity index (χ2v) is 7.56. The molecule has 0 aliphatic rings. The van der Waals surface area contributed by atoms with Crippen molar-refractivity contribution in [3.63, 3.8) is 0 Å². The number of sulfonamides is 1. The average molecular weight is 317 g/mol. The van der Waals surface area contributed by atoms with Crippen molar-refractivity contribution < 1.29 is 17.9 Å². The van der Waals surface area contributed by atoms with Crippen molar-refractivity contribution in [3.05, 3.63) is 34.0 Å². The van der Waals surface area contributed by atoms with Crippen LogP contribution in [-0.2, 0) is 14.8 Å². The van der Waals surface area contributed by atoms with Crippen LogP contribution in [0.2, 0.25) is 0 Å². The van der Waals surface area contributed by atoms with Gasteiger partial charge < -0.3 is 4.74 Å². The Morgan fingerprint density at radius 2 is 2.16 bits per heavy atom. The number of carbonyl (C=O) groups excluding carboxylic acids is 1. The van der Waals surface area contributed by atoms with Gasteiger partial charge in [0.05, 0.1) is 7.11 Å². The van der Waals surface area contributed by atoms with E-state index in [9.17, 15) is 13.2 Å². The molecule has 1 N–H and O–H groups in total. The number of anilines is 1. The Morgan fingerprint density at radius 3 is 2.74 bits per heavy atom. The van der Waals surface area contributed by atoms with Gasteiger partial charge in [-0.3, -0.25) is 4.72 Å². The predicted octanol–water partition coefficient (Wildman–Crippen LogP) is 2.71. The highest BCUT2D eigenvalue weighted by atomic mass is 32.2. The lowest BCUT2D eigenvalue weighted by atomic mass is 10.3. The normalized spacial score (nSPS) is 11.3. The highest BCUT2D eigenvalue weighted by molar-refractivity contribution is 7.94. The maximum absolute atomic E-state index is 12.0. The maximum Gasteiger partial charge on any atom is 0.348 e. The molecule has 2 aromatic rings. The minimum atomic E-state index is -3.58. The summed E-state index contributed by atoms with van der Waals surface area (Å²) in [5.41, 5.74) is 0.681. The van der Waals surface area contributed by atoms with E-state index in [-0.39, 0.29) is 4.21 Å². The van der Waals surface area contributed by atoms with Crippen LogP contribution in [0.1, 0.15) is 15.2 Å². The van der Waals surface area contributed by atoms with E-state index in [0.29, 0.717) is 15.4 Å². The fraction of sp³-hybridized carbons (Fsp3) is 0.182. The van der Waals surface area contributed by atoms with Gasteiger partial charge in [-0.2, -0.15) is 0 Å². The molecule has 0 aliphatic carbocycles. The second kappa shape index (κ2) is 5.32. The van der Waals surface area contributed by atoms with Gasteiger partial charge >= 0.3 is 5.97 Å². The molecule has 8 heteroatoms. The van der Waals surface area contributed by atoms with E-state index in [1.54, 1.807) is 24.4 Å². The SMILES string of the molecule is COC(=O)c1sc(NS(=O)(=O)c2cccs2)cc1C. The number of nitrogens with one attached hydrogen (secondary N) is 1. The fourth-order valence-electron chi connectivity index (χ4n) is 1.43. The lowest BCUT2D eigenvalue weighted by Gasteiger charge is -2.02. The van der Waals surface area contributed by atoms with Crippen molar-refractivity contribution in [2.45, 2.75) is 11.1 Å². The van der Waals surface area contributed by atoms with Gasteiger partial charge in [0.15, 0.2) is 0 Å². The van der Waals surface area contributed by atoms with Crippen LogP contribution in [0.15, 0.2) is 27.8 Å². The molecule has 0 aliphatic heterocycles. The minimum absolute atomic E-state index is 0.234. The van der Waals surface area contributed by atoms with Crippen LogP contribution in [0.25, 0.3) is 0 Å². The molecule has 0 amide bonds. The van der Waals surface area contributed by atoms with Crippen molar-refractivity contribution in [2.24, 2.45) is 0 Å². The molecule has 19 heavy (non-hydrogen) atoms. The van der Waals surface area contributed by atoms with Gasteiger partial charge in [-0.25, -0.2) is 13.2 Å². The molecule has 0 bridgehead atoms. The third-order valence-corrected chi connectivity index (χ3v) is 6.31. The summed E-state index contributed by atoms with van der Waals surface area (Å²) in [5, 5.41) is 2.08. The Balaban J connectivity index is 2.28. The molecule has 0 saturated carbocycles. The van der Waals surface area contributed by atoms with Crippen LogP contribution in [0.4, 0.5) is 5.00 Å². The van der Waals surface area contributed by atoms with E-state index in [2.05, 4.69) is 9.46 Å². The van der Waals surface area contributed by atoms with E-state index < -0.39 is 16.0 Å². The zero-order chi connectivity index (χ0) is 14.0. The van der Waals surface area contributed by atoms with E-state index in [0.717, 1.165) is 22.7 Å². The molecular formula is C11H11NO4S3. The number of methoxy groups -OCH3 is 1. The molecule has 2 rings (SSSR count). The van der Waals surface area contributed by atoms with Crippen LogP contribution in [0.5, 0.6) is 0 Å². The predicted molar refractivity (Wildman–Crippen MR) is 75.5 cm³/mol. The Labute approximate surface area is 118 Å². The number of thiophene rings is 2. The maximum atomic E-state index is 12.0. The first-order valence-corrected chi connectivity index (χ1v) is 8.37. The molecular weight excluding hydrogens is 306 g/mol. The summed E-state index contributed by atoms with van der Waals surface area (Å²) in [6.45, 7) is 1.73. The summed E-state index contributed by atoms with van der Waals surface area (Å²) < 4.78 is 31.3. The van der Waals surface area contributed by atoms with Crippen LogP contribution in [0, 0.1) is 6.92 Å². The lowest BCUT2D eigenvalue weighted by molar-refractivity contribution is 0.0605. The van der Waals surface area contributed by atoms with Crippen LogP contribution >= 0.6 is 22.7 Å². The number of rotatable bonds is 4. The molecule has 0 atom stereocenters. The van der Waals surface area contributed by atoms with Crippen molar-refractivity contribution in [3.8, 4) is 0 Å². The summed E-state index contributed by atoms with van der Waals surface area (Å²) in [7, 11) is -2.29. The van der Waals surface area contributed by atoms with Crippen molar-refractivity contribution >= 4 is 43.7 Å². The Hall–Kier alpha value is -1.38. The number of ether oxygens (including phenoxy) is 1. The molecule has 0 radical (unpaired) electrons. The highest BCUT2D eigenvalue weighted by Crippen LogP contribution is 2.29. The Morgan fingerprint density at radius 1 is 1.42 bits per heavy atom. The summed E-state index contributed by atoms with van der Waals surface area (Å²) >= 11 is 2.19. The Kier molecular flexibility index (Phi) is 3.93. The first-order chi connectivity index (χ1) is 8.94. The van der Waals surface area contributed by atoms with Gasteiger partial charge in [0.25, 0.3) is 10.0 Å². The van der Waals surface area contributed by atoms with E-state index >= 15 is 0 Å². The zero-order valence-corrected chi connectivity index (χ0v) is 12.6. The number of aryl methyl sites for hydroxylation is 1. The second-order valence-electron chi connectivity index (χ2n) is 3.65. The van der Waals surface area contributed by atoms with Crippen molar-refractivity contribution in [1.29, 1.82) is 0 Å². The minimum Gasteiger partial charge on any atom is -0.465 e. The number of carbonyl (C=O) groups is 1. The quantitative estimate of drug-likeness (QED) is 0.880. The molecule has 0 spiro atoms. The highest BCUT2D eigenvalue weighted by Gasteiger charge is 2.19. The number of hydrogen-bond donors (Lipinski definition) is 1. The molecule has 0 unspecified atom stereocenters. The van der Waals surface area contributed by atoms with Gasteiger partial charge in [0.2, 0.25) is 0 Å². The van der Waals surface area contributed by atoms with Crippen LogP contribution < -0.4 is 4.72 Å². The Bertz CT molecular complexity index is 686. The monoisotopic (exact) mass is 317 g/mol. The summed E-state index contributed by atoms with van der Waals surface area (Å²) in [6, 6.07) is 4.80. The average Bonchev–Trinajstić information content (AvgIpc) is 2.97. The van der Waals surface area contributed by atoms with Gasteiger partial charge in [0, 0.05) is 0 Å². The zero-order valence-electron chi connectivity index (χ0n) is 10.2. The third kappa shape index (κ3) is 2.96. The smallest absolute Gasteiger partial charge is 0.348 e. The molecule has 0 fully saturated rings. The van der Waals surface area contributed by atoms with Gasteiger partial charge in [-0.1, -0.05) is 6.07 Å². The standard InChI is InChI=1S/C11H11NO4S3/c1-7-6-8(18-10(7)11(13)16-2)12-19(14,15)9-4-3-5-17-9/h3-6,12H,1-2H3. The first kappa shape index (κ1) is 14.0. The van der Waals surface area contributed by atoms with E-state index in [1.807, 2.05) is 0 Å². The molecule has 0 saturated heterocycles. The molecule has 2 aromatic heterocycles. The van der Waals surface area contributed by atoms with Gasteiger partial charge in [-0.05, 0) is 30.0 Å². The lowest BCUT2D eigenvalue weighted by Crippen LogP contribution is -2.10. The molecule has 0 aromatic carbocycles. The van der Waals surface area contributed by atoms with E-state index in [1.165, 1.54) is 13.2 Å².